The van der Waals surface area contributed by atoms with Crippen LogP contribution >= 0.6 is 0 Å². The summed E-state index contributed by atoms with van der Waals surface area (Å²) in [6, 6.07) is 11.6. The molecule has 7 rings (SSSR count). The van der Waals surface area contributed by atoms with Gasteiger partial charge in [0.2, 0.25) is 23.6 Å². The van der Waals surface area contributed by atoms with Gasteiger partial charge in [0.25, 0.3) is 0 Å². The second-order valence-corrected chi connectivity index (χ2v) is 12.8. The van der Waals surface area contributed by atoms with Gasteiger partial charge in [-0.1, -0.05) is 58.0 Å². The second kappa shape index (κ2) is 11.3. The van der Waals surface area contributed by atoms with E-state index < -0.39 is 47.6 Å². The van der Waals surface area contributed by atoms with Crippen LogP contribution in [0.25, 0.3) is 11.6 Å². The van der Waals surface area contributed by atoms with Crippen molar-refractivity contribution in [2.45, 2.75) is 63.9 Å². The lowest BCUT2D eigenvalue weighted by atomic mass is 9.72. The number of carbonyl (C=O) groups excluding carboxylic acids is 3. The first-order chi connectivity index (χ1) is 22.5. The van der Waals surface area contributed by atoms with E-state index in [1.807, 2.05) is 56.3 Å². The van der Waals surface area contributed by atoms with Gasteiger partial charge in [-0.25, -0.2) is 14.8 Å². The molecule has 4 N–H and O–H groups in total. The Hall–Kier alpha value is -5.17. The molecule has 4 bridgehead atoms. The van der Waals surface area contributed by atoms with Gasteiger partial charge in [0, 0.05) is 17.7 Å². The summed E-state index contributed by atoms with van der Waals surface area (Å²) in [6.07, 6.45) is -0.624. The number of oxazole rings is 2. The number of nitrogens with zero attached hydrogens (tertiary/aromatic N) is 2. The zero-order valence-electron chi connectivity index (χ0n) is 26.5. The van der Waals surface area contributed by atoms with Crippen LogP contribution in [0.15, 0.2) is 57.6 Å². The number of hydrogen-bond acceptors (Lipinski definition) is 11. The minimum atomic E-state index is -1.30. The van der Waals surface area contributed by atoms with Crippen molar-refractivity contribution in [1.29, 1.82) is 0 Å². The van der Waals surface area contributed by atoms with E-state index in [0.717, 1.165) is 22.4 Å². The first kappa shape index (κ1) is 30.5. The summed E-state index contributed by atoms with van der Waals surface area (Å²) in [6.45, 7) is 7.26. The molecule has 13 heteroatoms. The first-order valence-electron chi connectivity index (χ1n) is 15.5. The molecule has 1 unspecified atom stereocenters. The Morgan fingerprint density at radius 2 is 1.87 bits per heavy atom. The largest absolute Gasteiger partial charge is 0.469 e. The minimum Gasteiger partial charge on any atom is -0.469 e. The van der Waals surface area contributed by atoms with E-state index in [2.05, 4.69) is 20.9 Å². The summed E-state index contributed by atoms with van der Waals surface area (Å²) < 4.78 is 24.0. The molecule has 0 aliphatic carbocycles. The molecule has 5 atom stereocenters. The van der Waals surface area contributed by atoms with E-state index in [4.69, 9.17) is 23.3 Å². The number of amides is 2. The normalized spacial score (nSPS) is 23.1. The predicted octanol–water partition coefficient (Wildman–Crippen LogP) is 3.47. The van der Waals surface area contributed by atoms with Crippen molar-refractivity contribution in [1.82, 2.24) is 20.6 Å². The Morgan fingerprint density at radius 1 is 1.09 bits per heavy atom. The van der Waals surface area contributed by atoms with Crippen molar-refractivity contribution in [2.75, 3.05) is 12.4 Å². The number of anilines is 1. The fourth-order valence-corrected chi connectivity index (χ4v) is 6.59. The number of aromatic nitrogens is 2. The van der Waals surface area contributed by atoms with Crippen LogP contribution in [-0.2, 0) is 26.2 Å². The van der Waals surface area contributed by atoms with Crippen LogP contribution in [0.4, 0.5) is 5.69 Å². The molecule has 0 radical (unpaired) electrons. The van der Waals surface area contributed by atoms with E-state index in [9.17, 15) is 19.5 Å². The van der Waals surface area contributed by atoms with E-state index in [1.54, 1.807) is 13.8 Å². The van der Waals surface area contributed by atoms with Crippen LogP contribution in [-0.4, -0.2) is 58.3 Å². The van der Waals surface area contributed by atoms with Gasteiger partial charge in [-0.2, -0.15) is 0 Å². The maximum absolute atomic E-state index is 13.9. The monoisotopic (exact) mass is 641 g/mol. The van der Waals surface area contributed by atoms with Gasteiger partial charge in [0.1, 0.15) is 35.6 Å². The fourth-order valence-electron chi connectivity index (χ4n) is 6.59. The number of carbonyl (C=O) groups is 3. The third-order valence-corrected chi connectivity index (χ3v) is 9.05. The Morgan fingerprint density at radius 3 is 2.62 bits per heavy atom. The number of rotatable bonds is 6. The molecule has 47 heavy (non-hydrogen) atoms. The summed E-state index contributed by atoms with van der Waals surface area (Å²) >= 11 is 0. The highest BCUT2D eigenvalue weighted by molar-refractivity contribution is 5.90. The van der Waals surface area contributed by atoms with Crippen LogP contribution in [0.1, 0.15) is 72.6 Å². The summed E-state index contributed by atoms with van der Waals surface area (Å²) in [4.78, 5) is 48.6. The molecule has 244 valence electrons. The Balaban J connectivity index is 1.48. The number of esters is 1. The van der Waals surface area contributed by atoms with Gasteiger partial charge in [0.05, 0.1) is 7.11 Å². The van der Waals surface area contributed by atoms with Crippen LogP contribution in [0.5, 0.6) is 5.75 Å². The summed E-state index contributed by atoms with van der Waals surface area (Å²) in [7, 11) is 1.25. The molecular formula is C34H35N5O8. The van der Waals surface area contributed by atoms with Crippen molar-refractivity contribution in [2.24, 2.45) is 11.8 Å². The molecule has 13 nitrogen and oxygen atoms in total. The average molecular weight is 642 g/mol. The molecule has 5 heterocycles. The van der Waals surface area contributed by atoms with E-state index in [-0.39, 0.29) is 41.4 Å². The molecule has 1 spiro atoms. The standard InChI is InChI=1S/C34H35N5O8/c1-15(2)24-31-39-25(30-36-22(14-45-30)32(43)44-5)27(47-31)34-18-8-6-7-9-20(18)37-33(34)46-23-11-10-17(12-19(23)34)13-21(28(41)38-24)35-29(42)26(40)16(3)4/h6-12,14-16,21,24,26,33,37,40H,13H2,1-5H3,(H,35,42)(H,38,41)/t21-,24-,26-,33-,34?/m0/s1. The molecular weight excluding hydrogens is 606 g/mol. The number of aliphatic hydroxyl groups is 1. The number of nitrogens with one attached hydrogen (secondary N) is 3. The molecule has 0 saturated carbocycles. The van der Waals surface area contributed by atoms with Crippen molar-refractivity contribution in [3.63, 3.8) is 0 Å². The number of benzene rings is 2. The Kier molecular flexibility index (Phi) is 7.31. The summed E-state index contributed by atoms with van der Waals surface area (Å²) in [5.41, 5.74) is 2.25. The zero-order valence-corrected chi connectivity index (χ0v) is 26.5. The quantitative estimate of drug-likeness (QED) is 0.227. The SMILES string of the molecule is COC(=O)c1coc(-c2nc3oc2C24c5ccccc5N[C@H]2Oc2ccc(cc24)C[C@H](NC(=O)[C@@H](O)C(C)C)C(=O)N[C@H]3C(C)C)n1. The number of hydrogen-bond donors (Lipinski definition) is 4. The summed E-state index contributed by atoms with van der Waals surface area (Å²) in [5.74, 6) is -1.23. The van der Waals surface area contributed by atoms with Crippen molar-refractivity contribution in [3.05, 3.63) is 82.8 Å². The van der Waals surface area contributed by atoms with Crippen molar-refractivity contribution in [3.8, 4) is 17.3 Å². The Labute approximate surface area is 270 Å². The summed E-state index contributed by atoms with van der Waals surface area (Å²) in [5, 5.41) is 19.8. The third kappa shape index (κ3) is 4.75. The van der Waals surface area contributed by atoms with E-state index in [1.165, 1.54) is 13.4 Å². The Bertz CT molecular complexity index is 1900. The second-order valence-electron chi connectivity index (χ2n) is 12.8. The van der Waals surface area contributed by atoms with Crippen molar-refractivity contribution < 1.29 is 37.8 Å². The highest BCUT2D eigenvalue weighted by Crippen LogP contribution is 2.59. The smallest absolute Gasteiger partial charge is 0.360 e. The van der Waals surface area contributed by atoms with E-state index >= 15 is 0 Å². The molecule has 0 fully saturated rings. The minimum absolute atomic E-state index is 0.0222. The highest BCUT2D eigenvalue weighted by Gasteiger charge is 2.61. The maximum atomic E-state index is 13.9. The molecule has 3 aliphatic heterocycles. The first-order valence-corrected chi connectivity index (χ1v) is 15.5. The maximum Gasteiger partial charge on any atom is 0.360 e. The number of fused-ring (bicyclic) bond motifs is 4. The highest BCUT2D eigenvalue weighted by atomic mass is 16.5. The predicted molar refractivity (Wildman–Crippen MR) is 166 cm³/mol. The van der Waals surface area contributed by atoms with Crippen LogP contribution in [0, 0.1) is 11.8 Å². The van der Waals surface area contributed by atoms with Gasteiger partial charge in [0.15, 0.2) is 23.4 Å². The molecule has 2 amide bonds. The van der Waals surface area contributed by atoms with Crippen LogP contribution in [0.3, 0.4) is 0 Å². The van der Waals surface area contributed by atoms with Crippen LogP contribution in [0.2, 0.25) is 0 Å². The number of para-hydroxylation sites is 1. The number of ether oxygens (including phenoxy) is 2. The van der Waals surface area contributed by atoms with Gasteiger partial charge in [-0.3, -0.25) is 9.59 Å². The van der Waals surface area contributed by atoms with Gasteiger partial charge < -0.3 is 39.4 Å². The number of methoxy groups -OCH3 is 1. The van der Waals surface area contributed by atoms with Gasteiger partial charge in [-0.15, -0.1) is 0 Å². The topological polar surface area (TPSA) is 178 Å². The van der Waals surface area contributed by atoms with Crippen molar-refractivity contribution >= 4 is 23.5 Å². The van der Waals surface area contributed by atoms with Gasteiger partial charge in [-0.05, 0) is 35.1 Å². The molecule has 2 aromatic heterocycles. The fraction of sp³-hybridized carbons (Fsp3) is 0.382. The molecule has 3 aliphatic rings. The average Bonchev–Trinajstić information content (AvgIpc) is 3.83. The molecule has 4 aromatic rings. The lowest BCUT2D eigenvalue weighted by Gasteiger charge is -2.29. The van der Waals surface area contributed by atoms with Crippen LogP contribution < -0.4 is 20.7 Å². The lowest BCUT2D eigenvalue weighted by molar-refractivity contribution is -0.135. The zero-order chi connectivity index (χ0) is 33.2. The molecule has 2 aromatic carbocycles. The third-order valence-electron chi connectivity index (χ3n) is 9.05. The molecule has 0 saturated heterocycles. The van der Waals surface area contributed by atoms with Gasteiger partial charge >= 0.3 is 5.97 Å². The number of aliphatic hydroxyl groups excluding tert-OH is 1. The van der Waals surface area contributed by atoms with E-state index in [0.29, 0.717) is 11.5 Å². The lowest BCUT2D eigenvalue weighted by Crippen LogP contribution is -2.52.